The summed E-state index contributed by atoms with van der Waals surface area (Å²) in [6.45, 7) is 1.03. The molecule has 0 bridgehead atoms. The zero-order valence-electron chi connectivity index (χ0n) is 14.2. The standard InChI is InChI=1S/C19H15Cl2F3N2.ClH/c1-26-9-8-25-17(7-3-12-2-6-15(20)16(21)10-12)14-5-4-13(11-18(14)26)19(22,23)24;/h2-7,10-11H,8-9H2,1H3;1H. The van der Waals surface area contributed by atoms with Gasteiger partial charge in [0.25, 0.3) is 0 Å². The molecule has 0 saturated heterocycles. The molecule has 0 saturated carbocycles. The van der Waals surface area contributed by atoms with Gasteiger partial charge in [-0.2, -0.15) is 13.2 Å². The number of rotatable bonds is 2. The Labute approximate surface area is 171 Å². The van der Waals surface area contributed by atoms with Crippen molar-refractivity contribution in [1.82, 2.24) is 0 Å². The molecule has 1 heterocycles. The second kappa shape index (κ2) is 8.55. The summed E-state index contributed by atoms with van der Waals surface area (Å²) in [6, 6.07) is 8.94. The predicted molar refractivity (Wildman–Crippen MR) is 109 cm³/mol. The molecule has 0 atom stereocenters. The van der Waals surface area contributed by atoms with E-state index in [0.29, 0.717) is 40.1 Å². The van der Waals surface area contributed by atoms with E-state index in [1.165, 1.54) is 12.1 Å². The van der Waals surface area contributed by atoms with Crippen LogP contribution in [0.5, 0.6) is 0 Å². The van der Waals surface area contributed by atoms with Gasteiger partial charge in [-0.1, -0.05) is 41.4 Å². The maximum atomic E-state index is 13.0. The molecule has 8 heteroatoms. The summed E-state index contributed by atoms with van der Waals surface area (Å²) in [4.78, 5) is 6.30. The van der Waals surface area contributed by atoms with Crippen molar-refractivity contribution in [3.63, 3.8) is 0 Å². The summed E-state index contributed by atoms with van der Waals surface area (Å²) < 4.78 is 39.1. The van der Waals surface area contributed by atoms with Crippen molar-refractivity contribution in [2.45, 2.75) is 6.18 Å². The van der Waals surface area contributed by atoms with Crippen LogP contribution in [0, 0.1) is 0 Å². The number of nitrogens with zero attached hydrogens (tertiary/aromatic N) is 2. The molecule has 0 N–H and O–H groups in total. The molecule has 3 rings (SSSR count). The molecule has 2 nitrogen and oxygen atoms in total. The SMILES string of the molecule is CN1CCN=C(C=Cc2ccc(Cl)c(Cl)c2)c2ccc(C(F)(F)F)cc21.Cl. The number of hydrogen-bond acceptors (Lipinski definition) is 2. The van der Waals surface area contributed by atoms with Gasteiger partial charge in [-0.15, -0.1) is 12.4 Å². The van der Waals surface area contributed by atoms with Gasteiger partial charge in [0.05, 0.1) is 27.9 Å². The Hall–Kier alpha value is -1.69. The second-order valence-electron chi connectivity index (χ2n) is 5.93. The quantitative estimate of drug-likeness (QED) is 0.534. The van der Waals surface area contributed by atoms with E-state index in [9.17, 15) is 13.2 Å². The highest BCUT2D eigenvalue weighted by atomic mass is 35.5. The van der Waals surface area contributed by atoms with Gasteiger partial charge >= 0.3 is 6.18 Å². The summed E-state index contributed by atoms with van der Waals surface area (Å²) in [5.41, 5.74) is 1.96. The Bertz CT molecular complexity index is 892. The number of aliphatic imine (C=N–C) groups is 1. The molecule has 2 aromatic rings. The van der Waals surface area contributed by atoms with Crippen molar-refractivity contribution in [2.75, 3.05) is 25.0 Å². The average molecular weight is 436 g/mol. The van der Waals surface area contributed by atoms with Gasteiger partial charge in [0.2, 0.25) is 0 Å². The van der Waals surface area contributed by atoms with Crippen LogP contribution in [-0.4, -0.2) is 25.8 Å². The largest absolute Gasteiger partial charge is 0.416 e. The average Bonchev–Trinajstić information content (AvgIpc) is 2.74. The number of halogens is 6. The van der Waals surface area contributed by atoms with Crippen LogP contribution >= 0.6 is 35.6 Å². The van der Waals surface area contributed by atoms with Crippen LogP contribution in [0.3, 0.4) is 0 Å². The minimum Gasteiger partial charge on any atom is -0.372 e. The van der Waals surface area contributed by atoms with Gasteiger partial charge < -0.3 is 4.90 Å². The number of benzodiazepines with no additional fused rings is 1. The van der Waals surface area contributed by atoms with Crippen LogP contribution in [0.2, 0.25) is 10.0 Å². The third kappa shape index (κ3) is 4.98. The Morgan fingerprint density at radius 3 is 2.44 bits per heavy atom. The maximum absolute atomic E-state index is 13.0. The Morgan fingerprint density at radius 2 is 1.78 bits per heavy atom. The monoisotopic (exact) mass is 434 g/mol. The summed E-state index contributed by atoms with van der Waals surface area (Å²) in [5, 5.41) is 0.897. The molecule has 1 aliphatic heterocycles. The number of hydrogen-bond donors (Lipinski definition) is 0. The number of allylic oxidation sites excluding steroid dienone is 1. The van der Waals surface area contributed by atoms with Crippen molar-refractivity contribution in [2.24, 2.45) is 4.99 Å². The van der Waals surface area contributed by atoms with E-state index in [2.05, 4.69) is 4.99 Å². The maximum Gasteiger partial charge on any atom is 0.416 e. The highest BCUT2D eigenvalue weighted by molar-refractivity contribution is 6.42. The highest BCUT2D eigenvalue weighted by Gasteiger charge is 2.32. The summed E-state index contributed by atoms with van der Waals surface area (Å²) in [5.74, 6) is 0. The molecule has 144 valence electrons. The van der Waals surface area contributed by atoms with Gasteiger partial charge in [0, 0.05) is 24.8 Å². The summed E-state index contributed by atoms with van der Waals surface area (Å²) >= 11 is 11.9. The van der Waals surface area contributed by atoms with Gasteiger partial charge in [-0.25, -0.2) is 0 Å². The van der Waals surface area contributed by atoms with Gasteiger partial charge in [0.1, 0.15) is 0 Å². The van der Waals surface area contributed by atoms with E-state index < -0.39 is 11.7 Å². The summed E-state index contributed by atoms with van der Waals surface area (Å²) in [6.07, 6.45) is -0.784. The minimum atomic E-state index is -4.38. The molecule has 0 aromatic heterocycles. The lowest BCUT2D eigenvalue weighted by Gasteiger charge is -2.20. The van der Waals surface area contributed by atoms with Crippen molar-refractivity contribution in [1.29, 1.82) is 0 Å². The molecular weight excluding hydrogens is 420 g/mol. The Kier molecular flexibility index (Phi) is 6.84. The lowest BCUT2D eigenvalue weighted by Crippen LogP contribution is -2.21. The van der Waals surface area contributed by atoms with Crippen molar-refractivity contribution >= 4 is 53.1 Å². The summed E-state index contributed by atoms with van der Waals surface area (Å²) in [7, 11) is 1.76. The van der Waals surface area contributed by atoms with Gasteiger partial charge in [0.15, 0.2) is 0 Å². The number of likely N-dealkylation sites (N-methyl/N-ethyl adjacent to an activating group) is 1. The van der Waals surface area contributed by atoms with E-state index in [1.807, 2.05) is 12.1 Å². The smallest absolute Gasteiger partial charge is 0.372 e. The number of fused-ring (bicyclic) bond motifs is 1. The van der Waals surface area contributed by atoms with Crippen LogP contribution in [0.1, 0.15) is 16.7 Å². The first-order chi connectivity index (χ1) is 12.3. The van der Waals surface area contributed by atoms with Crippen LogP contribution in [-0.2, 0) is 6.18 Å². The van der Waals surface area contributed by atoms with Gasteiger partial charge in [-0.3, -0.25) is 4.99 Å². The number of anilines is 1. The molecule has 1 aliphatic rings. The molecule has 2 aromatic carbocycles. The van der Waals surface area contributed by atoms with Crippen molar-refractivity contribution in [3.8, 4) is 0 Å². The Morgan fingerprint density at radius 1 is 1.04 bits per heavy atom. The first-order valence-corrected chi connectivity index (χ1v) is 8.61. The van der Waals surface area contributed by atoms with Gasteiger partial charge in [-0.05, 0) is 35.9 Å². The predicted octanol–water partition coefficient (Wildman–Crippen LogP) is 6.39. The Balaban J connectivity index is 0.00000261. The molecule has 0 spiro atoms. The fraction of sp³-hybridized carbons (Fsp3) is 0.211. The lowest BCUT2D eigenvalue weighted by molar-refractivity contribution is -0.137. The minimum absolute atomic E-state index is 0. The van der Waals surface area contributed by atoms with E-state index in [1.54, 1.807) is 30.2 Å². The van der Waals surface area contributed by atoms with Crippen LogP contribution in [0.25, 0.3) is 6.08 Å². The molecule has 0 amide bonds. The fourth-order valence-electron chi connectivity index (χ4n) is 2.70. The molecule has 0 unspecified atom stereocenters. The zero-order valence-corrected chi connectivity index (χ0v) is 16.6. The van der Waals surface area contributed by atoms with Crippen LogP contribution in [0.15, 0.2) is 47.5 Å². The normalized spacial score (nSPS) is 14.4. The molecular formula is C19H16Cl3F3N2. The number of benzene rings is 2. The van der Waals surface area contributed by atoms with E-state index >= 15 is 0 Å². The van der Waals surface area contributed by atoms with Crippen LogP contribution in [0.4, 0.5) is 18.9 Å². The fourth-order valence-corrected chi connectivity index (χ4v) is 3.01. The second-order valence-corrected chi connectivity index (χ2v) is 6.74. The zero-order chi connectivity index (χ0) is 18.9. The highest BCUT2D eigenvalue weighted by Crippen LogP contribution is 2.34. The van der Waals surface area contributed by atoms with E-state index in [-0.39, 0.29) is 12.4 Å². The first kappa shape index (κ1) is 21.6. The van der Waals surface area contributed by atoms with Crippen molar-refractivity contribution in [3.05, 3.63) is 69.2 Å². The van der Waals surface area contributed by atoms with Crippen molar-refractivity contribution < 1.29 is 13.2 Å². The molecule has 0 aliphatic carbocycles. The topological polar surface area (TPSA) is 15.6 Å². The molecule has 0 radical (unpaired) electrons. The van der Waals surface area contributed by atoms with E-state index in [0.717, 1.165) is 11.6 Å². The lowest BCUT2D eigenvalue weighted by atomic mass is 10.0. The van der Waals surface area contributed by atoms with Crippen LogP contribution < -0.4 is 4.90 Å². The third-order valence-corrected chi connectivity index (χ3v) is 4.85. The first-order valence-electron chi connectivity index (χ1n) is 7.86. The third-order valence-electron chi connectivity index (χ3n) is 4.11. The van der Waals surface area contributed by atoms with E-state index in [4.69, 9.17) is 23.2 Å². The number of alkyl halides is 3. The molecule has 0 fully saturated rings. The molecule has 27 heavy (non-hydrogen) atoms.